The lowest BCUT2D eigenvalue weighted by Crippen LogP contribution is -2.36. The first kappa shape index (κ1) is 16.8. The fraction of sp³-hybridized carbons (Fsp3) is 0.263. The van der Waals surface area contributed by atoms with Gasteiger partial charge >= 0.3 is 0 Å². The minimum absolute atomic E-state index is 0.674. The van der Waals surface area contributed by atoms with E-state index >= 15 is 0 Å². The van der Waals surface area contributed by atoms with Crippen molar-refractivity contribution < 1.29 is 4.74 Å². The molecule has 25 heavy (non-hydrogen) atoms. The number of ether oxygens (including phenoxy) is 1. The van der Waals surface area contributed by atoms with Crippen molar-refractivity contribution in [2.24, 2.45) is 12.0 Å². The summed E-state index contributed by atoms with van der Waals surface area (Å²) in [5.41, 5.74) is 2.30. The van der Waals surface area contributed by atoms with E-state index in [2.05, 4.69) is 45.0 Å². The Morgan fingerprint density at radius 2 is 1.84 bits per heavy atom. The van der Waals surface area contributed by atoms with Gasteiger partial charge in [-0.3, -0.25) is 9.67 Å². The van der Waals surface area contributed by atoms with Gasteiger partial charge in [-0.25, -0.2) is 0 Å². The van der Waals surface area contributed by atoms with E-state index in [4.69, 9.17) is 4.74 Å². The van der Waals surface area contributed by atoms with Crippen LogP contribution in [0.2, 0.25) is 0 Å². The van der Waals surface area contributed by atoms with E-state index in [0.717, 1.165) is 17.4 Å². The molecule has 0 aliphatic heterocycles. The number of rotatable bonds is 5. The van der Waals surface area contributed by atoms with Crippen LogP contribution < -0.4 is 15.4 Å². The van der Waals surface area contributed by atoms with E-state index in [1.165, 1.54) is 16.3 Å². The van der Waals surface area contributed by atoms with Crippen LogP contribution in [0.5, 0.6) is 5.75 Å². The Morgan fingerprint density at radius 1 is 1.08 bits per heavy atom. The molecule has 0 spiro atoms. The average molecular weight is 337 g/mol. The van der Waals surface area contributed by atoms with Gasteiger partial charge in [0.15, 0.2) is 5.96 Å². The van der Waals surface area contributed by atoms with Gasteiger partial charge in [0.05, 0.1) is 19.3 Å². The summed E-state index contributed by atoms with van der Waals surface area (Å²) in [5, 5.41) is 13.2. The maximum Gasteiger partial charge on any atom is 0.191 e. The van der Waals surface area contributed by atoms with Crippen LogP contribution in [-0.4, -0.2) is 29.9 Å². The van der Waals surface area contributed by atoms with Crippen LogP contribution >= 0.6 is 0 Å². The number of nitrogens with zero attached hydrogens (tertiary/aromatic N) is 3. The van der Waals surface area contributed by atoms with Crippen LogP contribution in [0, 0.1) is 0 Å². The summed E-state index contributed by atoms with van der Waals surface area (Å²) in [7, 11) is 5.38. The fourth-order valence-electron chi connectivity index (χ4n) is 2.67. The van der Waals surface area contributed by atoms with Crippen LogP contribution in [0.3, 0.4) is 0 Å². The van der Waals surface area contributed by atoms with Crippen molar-refractivity contribution in [2.75, 3.05) is 14.2 Å². The number of benzene rings is 2. The number of aromatic nitrogens is 2. The highest BCUT2D eigenvalue weighted by atomic mass is 16.5. The monoisotopic (exact) mass is 337 g/mol. The van der Waals surface area contributed by atoms with Crippen LogP contribution in [-0.2, 0) is 20.1 Å². The van der Waals surface area contributed by atoms with Crippen LogP contribution in [0.15, 0.2) is 53.7 Å². The number of hydrogen-bond donors (Lipinski definition) is 2. The van der Waals surface area contributed by atoms with Crippen molar-refractivity contribution in [3.63, 3.8) is 0 Å². The van der Waals surface area contributed by atoms with Gasteiger partial charge in [-0.05, 0) is 40.6 Å². The van der Waals surface area contributed by atoms with Gasteiger partial charge in [-0.2, -0.15) is 5.10 Å². The number of nitrogens with one attached hydrogen (secondary N) is 2. The molecule has 0 atom stereocenters. The van der Waals surface area contributed by atoms with Crippen molar-refractivity contribution in [3.05, 3.63) is 59.9 Å². The first-order valence-electron chi connectivity index (χ1n) is 8.17. The topological polar surface area (TPSA) is 63.5 Å². The second kappa shape index (κ2) is 7.70. The first-order chi connectivity index (χ1) is 12.2. The Kier molecular flexibility index (Phi) is 5.18. The molecule has 1 heterocycles. The fourth-order valence-corrected chi connectivity index (χ4v) is 2.67. The average Bonchev–Trinajstić information content (AvgIpc) is 3.06. The van der Waals surface area contributed by atoms with Gasteiger partial charge in [0.1, 0.15) is 5.75 Å². The molecule has 2 N–H and O–H groups in total. The lowest BCUT2D eigenvalue weighted by molar-refractivity contribution is 0.415. The highest BCUT2D eigenvalue weighted by Gasteiger charge is 2.03. The zero-order valence-electron chi connectivity index (χ0n) is 14.8. The van der Waals surface area contributed by atoms with E-state index < -0.39 is 0 Å². The summed E-state index contributed by atoms with van der Waals surface area (Å²) in [6, 6.07) is 14.5. The number of fused-ring (bicyclic) bond motifs is 1. The summed E-state index contributed by atoms with van der Waals surface area (Å²) >= 11 is 0. The molecule has 0 amide bonds. The Balaban J connectivity index is 1.61. The third-order valence-electron chi connectivity index (χ3n) is 4.15. The molecule has 0 bridgehead atoms. The molecule has 3 rings (SSSR count). The van der Waals surface area contributed by atoms with Crippen molar-refractivity contribution in [1.29, 1.82) is 0 Å². The van der Waals surface area contributed by atoms with Gasteiger partial charge in [0.25, 0.3) is 0 Å². The molecule has 0 radical (unpaired) electrons. The maximum atomic E-state index is 5.27. The molecule has 1 aromatic heterocycles. The van der Waals surface area contributed by atoms with Crippen molar-refractivity contribution in [1.82, 2.24) is 20.4 Å². The van der Waals surface area contributed by atoms with Crippen molar-refractivity contribution in [2.45, 2.75) is 13.1 Å². The lowest BCUT2D eigenvalue weighted by atomic mass is 10.1. The van der Waals surface area contributed by atoms with Gasteiger partial charge in [0, 0.05) is 26.8 Å². The number of guanidine groups is 1. The zero-order valence-corrected chi connectivity index (χ0v) is 14.8. The molecule has 0 saturated carbocycles. The second-order valence-electron chi connectivity index (χ2n) is 5.77. The number of aliphatic imine (C=N–C) groups is 1. The van der Waals surface area contributed by atoms with E-state index in [1.807, 2.05) is 29.9 Å². The molecule has 0 fully saturated rings. The molecule has 0 unspecified atom stereocenters. The van der Waals surface area contributed by atoms with Gasteiger partial charge in [-0.1, -0.05) is 18.2 Å². The highest BCUT2D eigenvalue weighted by molar-refractivity contribution is 5.85. The predicted molar refractivity (Wildman–Crippen MR) is 101 cm³/mol. The van der Waals surface area contributed by atoms with Crippen molar-refractivity contribution in [3.8, 4) is 5.75 Å². The van der Waals surface area contributed by atoms with Gasteiger partial charge in [-0.15, -0.1) is 0 Å². The molecule has 6 nitrogen and oxygen atoms in total. The Morgan fingerprint density at radius 3 is 2.56 bits per heavy atom. The summed E-state index contributed by atoms with van der Waals surface area (Å²) in [6.45, 7) is 1.38. The van der Waals surface area contributed by atoms with Crippen LogP contribution in [0.4, 0.5) is 0 Å². The predicted octanol–water partition coefficient (Wildman–Crippen LogP) is 2.45. The third kappa shape index (κ3) is 4.09. The zero-order chi connectivity index (χ0) is 17.6. The number of aryl methyl sites for hydroxylation is 1. The number of hydrogen-bond acceptors (Lipinski definition) is 3. The van der Waals surface area contributed by atoms with Crippen LogP contribution in [0.1, 0.15) is 11.3 Å². The molecule has 6 heteroatoms. The molecule has 3 aromatic rings. The molecule has 2 aromatic carbocycles. The smallest absolute Gasteiger partial charge is 0.191 e. The van der Waals surface area contributed by atoms with Gasteiger partial charge < -0.3 is 15.4 Å². The molecular weight excluding hydrogens is 314 g/mol. The van der Waals surface area contributed by atoms with E-state index in [0.29, 0.717) is 13.1 Å². The largest absolute Gasteiger partial charge is 0.497 e. The summed E-state index contributed by atoms with van der Waals surface area (Å²) in [5.74, 6) is 1.63. The van der Waals surface area contributed by atoms with E-state index in [-0.39, 0.29) is 0 Å². The molecular formula is C19H23N5O. The Bertz CT molecular complexity index is 884. The Hall–Kier alpha value is -3.02. The minimum Gasteiger partial charge on any atom is -0.497 e. The third-order valence-corrected chi connectivity index (χ3v) is 4.15. The molecule has 130 valence electrons. The summed E-state index contributed by atoms with van der Waals surface area (Å²) in [6.07, 6.45) is 1.79. The normalized spacial score (nSPS) is 11.6. The maximum absolute atomic E-state index is 5.27. The quantitative estimate of drug-likeness (QED) is 0.554. The van der Waals surface area contributed by atoms with E-state index in [1.54, 1.807) is 20.4 Å². The standard InChI is InChI=1S/C19H23N5O/c1-20-19(22-13-17-8-9-23-24(17)2)21-12-14-4-5-16-11-18(25-3)7-6-15(16)10-14/h4-11H,12-13H2,1-3H3,(H2,20,21,22). The van der Waals surface area contributed by atoms with Crippen molar-refractivity contribution >= 4 is 16.7 Å². The molecule has 0 saturated heterocycles. The van der Waals surface area contributed by atoms with Gasteiger partial charge in [0.2, 0.25) is 0 Å². The molecule has 0 aliphatic carbocycles. The second-order valence-corrected chi connectivity index (χ2v) is 5.77. The minimum atomic E-state index is 0.674. The first-order valence-corrected chi connectivity index (χ1v) is 8.17. The van der Waals surface area contributed by atoms with Crippen LogP contribution in [0.25, 0.3) is 10.8 Å². The SMILES string of the molecule is CN=C(NCc1ccc2cc(OC)ccc2c1)NCc1ccnn1C. The summed E-state index contributed by atoms with van der Waals surface area (Å²) in [4.78, 5) is 4.27. The number of methoxy groups -OCH3 is 1. The highest BCUT2D eigenvalue weighted by Crippen LogP contribution is 2.21. The van der Waals surface area contributed by atoms with E-state index in [9.17, 15) is 0 Å². The lowest BCUT2D eigenvalue weighted by Gasteiger charge is -2.12. The molecule has 0 aliphatic rings. The Labute approximate surface area is 147 Å². The summed E-state index contributed by atoms with van der Waals surface area (Å²) < 4.78 is 7.11.